The molecule has 0 aliphatic carbocycles. The minimum Gasteiger partial charge on any atom is -0.379 e. The van der Waals surface area contributed by atoms with E-state index < -0.39 is 11.6 Å². The van der Waals surface area contributed by atoms with Gasteiger partial charge in [0.25, 0.3) is 0 Å². The van der Waals surface area contributed by atoms with Crippen LogP contribution in [0.15, 0.2) is 0 Å². The molecule has 3 rings (SSSR count). The first-order chi connectivity index (χ1) is 19.0. The number of rotatable bonds is 19. The van der Waals surface area contributed by atoms with Crippen LogP contribution in [0.1, 0.15) is 138 Å². The van der Waals surface area contributed by atoms with E-state index in [4.69, 9.17) is 33.2 Å². The van der Waals surface area contributed by atoms with Gasteiger partial charge in [-0.15, -0.1) is 0 Å². The molecule has 0 amide bonds. The van der Waals surface area contributed by atoms with Crippen LogP contribution < -0.4 is 0 Å². The van der Waals surface area contributed by atoms with Crippen LogP contribution in [0.3, 0.4) is 0 Å². The zero-order valence-corrected chi connectivity index (χ0v) is 27.0. The first kappa shape index (κ1) is 34.2. The van der Waals surface area contributed by atoms with Crippen molar-refractivity contribution in [1.82, 2.24) is 0 Å². The first-order valence-electron chi connectivity index (χ1n) is 16.5. The lowest BCUT2D eigenvalue weighted by Crippen LogP contribution is -2.49. The molecule has 3 aliphatic rings. The van der Waals surface area contributed by atoms with Gasteiger partial charge in [0, 0.05) is 6.61 Å². The summed E-state index contributed by atoms with van der Waals surface area (Å²) in [5, 5.41) is 0. The Balaban J connectivity index is 1.32. The SMILES string of the molecule is CCCCCCCCCCCCCC[C@H]1OCC(C)(C)O[C@H]1CCOCC1OC(C)(C)O[C@H]1[C@@H]1COC(C)(C)O1. The highest BCUT2D eigenvalue weighted by atomic mass is 16.8. The van der Waals surface area contributed by atoms with Crippen molar-refractivity contribution in [3.05, 3.63) is 0 Å². The topological polar surface area (TPSA) is 64.6 Å². The van der Waals surface area contributed by atoms with Gasteiger partial charge in [-0.25, -0.2) is 0 Å². The van der Waals surface area contributed by atoms with Crippen LogP contribution in [0, 0.1) is 0 Å². The van der Waals surface area contributed by atoms with E-state index >= 15 is 0 Å². The van der Waals surface area contributed by atoms with E-state index in [-0.39, 0.29) is 36.1 Å². The van der Waals surface area contributed by atoms with Crippen molar-refractivity contribution in [2.45, 2.75) is 186 Å². The summed E-state index contributed by atoms with van der Waals surface area (Å²) in [7, 11) is 0. The summed E-state index contributed by atoms with van der Waals surface area (Å²) in [5.74, 6) is -1.27. The fraction of sp³-hybridized carbons (Fsp3) is 1.00. The lowest BCUT2D eigenvalue weighted by molar-refractivity contribution is -0.224. The van der Waals surface area contributed by atoms with E-state index in [0.29, 0.717) is 26.4 Å². The van der Waals surface area contributed by atoms with E-state index in [1.54, 1.807) is 0 Å². The van der Waals surface area contributed by atoms with Crippen LogP contribution in [0.2, 0.25) is 0 Å². The third kappa shape index (κ3) is 12.1. The lowest BCUT2D eigenvalue weighted by atomic mass is 9.98. The van der Waals surface area contributed by atoms with Crippen molar-refractivity contribution in [3.63, 3.8) is 0 Å². The summed E-state index contributed by atoms with van der Waals surface area (Å²) in [4.78, 5) is 0. The third-order valence-corrected chi connectivity index (χ3v) is 8.32. The minimum absolute atomic E-state index is 0.0526. The van der Waals surface area contributed by atoms with Gasteiger partial charge < -0.3 is 33.2 Å². The molecule has 0 saturated carbocycles. The van der Waals surface area contributed by atoms with Crippen LogP contribution in [-0.4, -0.2) is 74.1 Å². The van der Waals surface area contributed by atoms with Gasteiger partial charge in [-0.05, 0) is 54.4 Å². The van der Waals surface area contributed by atoms with Crippen molar-refractivity contribution >= 4 is 0 Å². The van der Waals surface area contributed by atoms with Crippen LogP contribution >= 0.6 is 0 Å². The Morgan fingerprint density at radius 2 is 1.25 bits per heavy atom. The number of hydrogen-bond donors (Lipinski definition) is 0. The largest absolute Gasteiger partial charge is 0.379 e. The molecule has 7 heteroatoms. The van der Waals surface area contributed by atoms with E-state index in [9.17, 15) is 0 Å². The van der Waals surface area contributed by atoms with Crippen molar-refractivity contribution in [2.75, 3.05) is 26.4 Å². The molecule has 0 bridgehead atoms. The number of hydrogen-bond acceptors (Lipinski definition) is 7. The predicted octanol–water partition coefficient (Wildman–Crippen LogP) is 7.72. The standard InChI is InChI=1S/C33H62O7/c1-8-9-10-11-12-13-14-15-16-17-18-19-20-26-27(37-31(2,3)25-35-26)21-22-34-23-28-30(40-33(6,7)39-28)29-24-36-32(4,5)38-29/h26-30H,8-25H2,1-7H3/t26-,27+,28?,29+,30-/m1/s1. The fourth-order valence-electron chi connectivity index (χ4n) is 6.22. The average molecular weight is 571 g/mol. The van der Waals surface area contributed by atoms with Gasteiger partial charge in [-0.3, -0.25) is 0 Å². The fourth-order valence-corrected chi connectivity index (χ4v) is 6.22. The number of ether oxygens (including phenoxy) is 7. The van der Waals surface area contributed by atoms with Crippen LogP contribution in [0.5, 0.6) is 0 Å². The maximum Gasteiger partial charge on any atom is 0.164 e. The van der Waals surface area contributed by atoms with E-state index in [1.165, 1.54) is 77.0 Å². The van der Waals surface area contributed by atoms with Crippen LogP contribution in [-0.2, 0) is 33.2 Å². The van der Waals surface area contributed by atoms with Crippen molar-refractivity contribution in [1.29, 1.82) is 0 Å². The van der Waals surface area contributed by atoms with Crippen LogP contribution in [0.25, 0.3) is 0 Å². The Morgan fingerprint density at radius 1 is 0.625 bits per heavy atom. The lowest BCUT2D eigenvalue weighted by Gasteiger charge is -2.41. The molecule has 0 N–H and O–H groups in total. The second-order valence-electron chi connectivity index (χ2n) is 13.8. The summed E-state index contributed by atoms with van der Waals surface area (Å²) >= 11 is 0. The summed E-state index contributed by atoms with van der Waals surface area (Å²) in [6.45, 7) is 16.5. The second kappa shape index (κ2) is 16.5. The molecule has 40 heavy (non-hydrogen) atoms. The molecule has 5 atom stereocenters. The van der Waals surface area contributed by atoms with Gasteiger partial charge >= 0.3 is 0 Å². The van der Waals surface area contributed by atoms with Crippen LogP contribution in [0.4, 0.5) is 0 Å². The molecule has 3 aliphatic heterocycles. The van der Waals surface area contributed by atoms with E-state index in [1.807, 2.05) is 27.7 Å². The Labute approximate surface area is 245 Å². The van der Waals surface area contributed by atoms with Gasteiger partial charge in [0.15, 0.2) is 11.6 Å². The molecule has 3 heterocycles. The smallest absolute Gasteiger partial charge is 0.164 e. The highest BCUT2D eigenvalue weighted by Gasteiger charge is 2.49. The summed E-state index contributed by atoms with van der Waals surface area (Å²) in [5.41, 5.74) is -0.262. The molecule has 3 saturated heterocycles. The molecule has 0 aromatic carbocycles. The monoisotopic (exact) mass is 570 g/mol. The number of unbranched alkanes of at least 4 members (excludes halogenated alkanes) is 11. The summed E-state index contributed by atoms with van der Waals surface area (Å²) < 4.78 is 43.1. The van der Waals surface area contributed by atoms with E-state index in [0.717, 1.165) is 12.8 Å². The molecule has 3 fully saturated rings. The average Bonchev–Trinajstić information content (AvgIpc) is 3.40. The normalized spacial score (nSPS) is 31.1. The summed E-state index contributed by atoms with van der Waals surface area (Å²) in [6.07, 6.45) is 17.8. The Bertz CT molecular complexity index is 694. The van der Waals surface area contributed by atoms with Crippen molar-refractivity contribution in [3.8, 4) is 0 Å². The quantitative estimate of drug-likeness (QED) is 0.147. The van der Waals surface area contributed by atoms with Gasteiger partial charge in [0.05, 0.1) is 37.6 Å². The second-order valence-corrected chi connectivity index (χ2v) is 13.8. The van der Waals surface area contributed by atoms with Crippen molar-refractivity contribution in [2.24, 2.45) is 0 Å². The molecular weight excluding hydrogens is 508 g/mol. The molecule has 0 spiro atoms. The molecule has 0 aromatic rings. The molecule has 1 unspecified atom stereocenters. The minimum atomic E-state index is -0.668. The third-order valence-electron chi connectivity index (χ3n) is 8.32. The Morgan fingerprint density at radius 3 is 1.85 bits per heavy atom. The molecule has 0 radical (unpaired) electrons. The highest BCUT2D eigenvalue weighted by Crippen LogP contribution is 2.36. The van der Waals surface area contributed by atoms with Gasteiger partial charge in [0.1, 0.15) is 18.3 Å². The van der Waals surface area contributed by atoms with E-state index in [2.05, 4.69) is 20.8 Å². The summed E-state index contributed by atoms with van der Waals surface area (Å²) in [6, 6.07) is 0. The maximum absolute atomic E-state index is 6.48. The molecule has 0 aromatic heterocycles. The molecule has 7 nitrogen and oxygen atoms in total. The van der Waals surface area contributed by atoms with Gasteiger partial charge in [0.2, 0.25) is 0 Å². The predicted molar refractivity (Wildman–Crippen MR) is 159 cm³/mol. The van der Waals surface area contributed by atoms with Crippen molar-refractivity contribution < 1.29 is 33.2 Å². The zero-order chi connectivity index (χ0) is 29.1. The molecular formula is C33H62O7. The maximum atomic E-state index is 6.48. The first-order valence-corrected chi connectivity index (χ1v) is 16.5. The zero-order valence-electron chi connectivity index (χ0n) is 27.0. The van der Waals surface area contributed by atoms with Gasteiger partial charge in [-0.1, -0.05) is 84.0 Å². The Kier molecular flexibility index (Phi) is 14.1. The van der Waals surface area contributed by atoms with Gasteiger partial charge in [-0.2, -0.15) is 0 Å². The Hall–Kier alpha value is -0.280. The molecule has 236 valence electrons. The highest BCUT2D eigenvalue weighted by molar-refractivity contribution is 4.90.